The van der Waals surface area contributed by atoms with Gasteiger partial charge in [0.15, 0.2) is 5.96 Å². The average Bonchev–Trinajstić information content (AvgIpc) is 3.20. The Morgan fingerprint density at radius 1 is 1.07 bits per heavy atom. The molecule has 6 nitrogen and oxygen atoms in total. The average molecular weight is 396 g/mol. The third kappa shape index (κ3) is 6.34. The van der Waals surface area contributed by atoms with E-state index >= 15 is 0 Å². The molecule has 2 N–H and O–H groups in total. The van der Waals surface area contributed by atoms with Gasteiger partial charge in [0.25, 0.3) is 0 Å². The molecular weight excluding hydrogens is 371 g/mol. The Hall–Kier alpha value is -3.35. The fourth-order valence-electron chi connectivity index (χ4n) is 2.65. The summed E-state index contributed by atoms with van der Waals surface area (Å²) in [6.07, 6.45) is 2.29. The van der Waals surface area contributed by atoms with Gasteiger partial charge in [0, 0.05) is 25.6 Å². The van der Waals surface area contributed by atoms with Crippen LogP contribution < -0.4 is 15.4 Å². The number of benzene rings is 2. The van der Waals surface area contributed by atoms with Crippen molar-refractivity contribution in [2.75, 3.05) is 26.7 Å². The van der Waals surface area contributed by atoms with Gasteiger partial charge in [-0.3, -0.25) is 4.99 Å². The summed E-state index contributed by atoms with van der Waals surface area (Å²) in [7, 11) is 1.72. The summed E-state index contributed by atoms with van der Waals surface area (Å²) in [5.74, 6) is 1.74. The Morgan fingerprint density at radius 3 is 2.52 bits per heavy atom. The van der Waals surface area contributed by atoms with Crippen molar-refractivity contribution in [1.29, 1.82) is 0 Å². The maximum absolute atomic E-state index is 13.0. The molecule has 0 amide bonds. The van der Waals surface area contributed by atoms with Gasteiger partial charge in [-0.15, -0.1) is 0 Å². The van der Waals surface area contributed by atoms with Gasteiger partial charge in [0.1, 0.15) is 24.4 Å². The van der Waals surface area contributed by atoms with Crippen molar-refractivity contribution in [1.82, 2.24) is 15.6 Å². The Labute approximate surface area is 169 Å². The number of oxazole rings is 1. The standard InChI is InChI=1S/C22H25FN4O2/c1-16-3-9-20(10-4-16)28-14-13-26-22(24-2)25-12-11-19-15-29-21(27-19)17-5-7-18(23)8-6-17/h3-10,15H,11-14H2,1-2H3,(H2,24,25,26). The van der Waals surface area contributed by atoms with Crippen molar-refractivity contribution in [3.05, 3.63) is 71.9 Å². The number of ether oxygens (including phenoxy) is 1. The van der Waals surface area contributed by atoms with Crippen molar-refractivity contribution in [2.45, 2.75) is 13.3 Å². The predicted molar refractivity (Wildman–Crippen MR) is 112 cm³/mol. The number of guanidine groups is 1. The molecule has 0 saturated carbocycles. The Kier molecular flexibility index (Phi) is 7.22. The molecular formula is C22H25FN4O2. The van der Waals surface area contributed by atoms with Crippen LogP contribution in [0.25, 0.3) is 11.5 Å². The Bertz CT molecular complexity index is 921. The van der Waals surface area contributed by atoms with E-state index in [0.717, 1.165) is 17.0 Å². The fraction of sp³-hybridized carbons (Fsp3) is 0.273. The minimum absolute atomic E-state index is 0.284. The zero-order chi connectivity index (χ0) is 20.5. The summed E-state index contributed by atoms with van der Waals surface area (Å²) in [6, 6.07) is 14.0. The molecule has 0 spiro atoms. The summed E-state index contributed by atoms with van der Waals surface area (Å²) in [5, 5.41) is 6.44. The molecule has 0 saturated heterocycles. The highest BCUT2D eigenvalue weighted by molar-refractivity contribution is 5.79. The van der Waals surface area contributed by atoms with E-state index in [0.29, 0.717) is 38.0 Å². The van der Waals surface area contributed by atoms with Crippen molar-refractivity contribution in [3.8, 4) is 17.2 Å². The molecule has 0 aliphatic heterocycles. The largest absolute Gasteiger partial charge is 0.492 e. The highest BCUT2D eigenvalue weighted by atomic mass is 19.1. The van der Waals surface area contributed by atoms with Gasteiger partial charge >= 0.3 is 0 Å². The zero-order valence-electron chi connectivity index (χ0n) is 16.6. The molecule has 0 atom stereocenters. The smallest absolute Gasteiger partial charge is 0.226 e. The molecule has 7 heteroatoms. The summed E-state index contributed by atoms with van der Waals surface area (Å²) in [5.41, 5.74) is 2.77. The van der Waals surface area contributed by atoms with Crippen LogP contribution in [-0.4, -0.2) is 37.7 Å². The first-order valence-corrected chi connectivity index (χ1v) is 9.48. The quantitative estimate of drug-likeness (QED) is 0.346. The van der Waals surface area contributed by atoms with E-state index in [1.165, 1.54) is 17.7 Å². The molecule has 0 aliphatic carbocycles. The van der Waals surface area contributed by atoms with E-state index in [4.69, 9.17) is 9.15 Å². The minimum atomic E-state index is -0.284. The number of aliphatic imine (C=N–C) groups is 1. The molecule has 0 radical (unpaired) electrons. The summed E-state index contributed by atoms with van der Waals surface area (Å²) >= 11 is 0. The number of halogens is 1. The van der Waals surface area contributed by atoms with Crippen molar-refractivity contribution >= 4 is 5.96 Å². The van der Waals surface area contributed by atoms with E-state index in [2.05, 4.69) is 20.6 Å². The van der Waals surface area contributed by atoms with Gasteiger partial charge in [0.05, 0.1) is 12.2 Å². The van der Waals surface area contributed by atoms with Crippen LogP contribution in [0, 0.1) is 12.7 Å². The molecule has 3 rings (SSSR count). The van der Waals surface area contributed by atoms with Gasteiger partial charge in [-0.25, -0.2) is 9.37 Å². The van der Waals surface area contributed by atoms with E-state index in [1.807, 2.05) is 31.2 Å². The van der Waals surface area contributed by atoms with Gasteiger partial charge in [-0.1, -0.05) is 17.7 Å². The van der Waals surface area contributed by atoms with Crippen LogP contribution in [0.4, 0.5) is 4.39 Å². The van der Waals surface area contributed by atoms with Crippen molar-refractivity contribution in [3.63, 3.8) is 0 Å². The lowest BCUT2D eigenvalue weighted by Crippen LogP contribution is -2.40. The third-order valence-electron chi connectivity index (χ3n) is 4.22. The Balaban J connectivity index is 1.37. The molecule has 0 aliphatic rings. The highest BCUT2D eigenvalue weighted by Gasteiger charge is 2.07. The first kappa shape index (κ1) is 20.4. The maximum atomic E-state index is 13.0. The van der Waals surface area contributed by atoms with Crippen molar-refractivity contribution < 1.29 is 13.5 Å². The van der Waals surface area contributed by atoms with Crippen LogP contribution in [0.2, 0.25) is 0 Å². The SMILES string of the molecule is CN=C(NCCOc1ccc(C)cc1)NCCc1coc(-c2ccc(F)cc2)n1. The van der Waals surface area contributed by atoms with Crippen LogP contribution in [0.5, 0.6) is 5.75 Å². The van der Waals surface area contributed by atoms with Gasteiger partial charge in [0.2, 0.25) is 5.89 Å². The monoisotopic (exact) mass is 396 g/mol. The molecule has 0 fully saturated rings. The summed E-state index contributed by atoms with van der Waals surface area (Å²) in [6.45, 7) is 3.86. The first-order valence-electron chi connectivity index (χ1n) is 9.48. The van der Waals surface area contributed by atoms with Crippen molar-refractivity contribution in [2.24, 2.45) is 4.99 Å². The molecule has 3 aromatic rings. The lowest BCUT2D eigenvalue weighted by atomic mass is 10.2. The van der Waals surface area contributed by atoms with Crippen LogP contribution >= 0.6 is 0 Å². The second kappa shape index (κ2) is 10.3. The molecule has 0 unspecified atom stereocenters. The second-order valence-electron chi connectivity index (χ2n) is 6.49. The molecule has 1 aromatic heterocycles. The summed E-state index contributed by atoms with van der Waals surface area (Å²) in [4.78, 5) is 8.63. The molecule has 29 heavy (non-hydrogen) atoms. The molecule has 2 aromatic carbocycles. The third-order valence-corrected chi connectivity index (χ3v) is 4.22. The lowest BCUT2D eigenvalue weighted by Gasteiger charge is -2.12. The minimum Gasteiger partial charge on any atom is -0.492 e. The van der Waals surface area contributed by atoms with Crippen LogP contribution in [0.15, 0.2) is 64.2 Å². The van der Waals surface area contributed by atoms with E-state index < -0.39 is 0 Å². The Morgan fingerprint density at radius 2 is 1.79 bits per heavy atom. The number of aromatic nitrogens is 1. The number of nitrogens with one attached hydrogen (secondary N) is 2. The molecule has 1 heterocycles. The number of hydrogen-bond acceptors (Lipinski definition) is 4. The van der Waals surface area contributed by atoms with Crippen LogP contribution in [0.3, 0.4) is 0 Å². The fourth-order valence-corrected chi connectivity index (χ4v) is 2.65. The number of rotatable bonds is 8. The van der Waals surface area contributed by atoms with E-state index in [1.54, 1.807) is 25.4 Å². The summed E-state index contributed by atoms with van der Waals surface area (Å²) < 4.78 is 24.2. The van der Waals surface area contributed by atoms with Crippen LogP contribution in [-0.2, 0) is 6.42 Å². The number of aryl methyl sites for hydroxylation is 1. The number of nitrogens with zero attached hydrogens (tertiary/aromatic N) is 2. The lowest BCUT2D eigenvalue weighted by molar-refractivity contribution is 0.322. The normalized spacial score (nSPS) is 11.3. The molecule has 0 bridgehead atoms. The van der Waals surface area contributed by atoms with E-state index in [-0.39, 0.29) is 5.82 Å². The predicted octanol–water partition coefficient (Wildman–Crippen LogP) is 3.58. The second-order valence-corrected chi connectivity index (χ2v) is 6.49. The van der Waals surface area contributed by atoms with Gasteiger partial charge < -0.3 is 19.8 Å². The maximum Gasteiger partial charge on any atom is 0.226 e. The van der Waals surface area contributed by atoms with Gasteiger partial charge in [-0.05, 0) is 43.3 Å². The van der Waals surface area contributed by atoms with E-state index in [9.17, 15) is 4.39 Å². The topological polar surface area (TPSA) is 71.7 Å². The molecule has 152 valence electrons. The van der Waals surface area contributed by atoms with Gasteiger partial charge in [-0.2, -0.15) is 0 Å². The highest BCUT2D eigenvalue weighted by Crippen LogP contribution is 2.19. The number of hydrogen-bond donors (Lipinski definition) is 2. The van der Waals surface area contributed by atoms with Crippen LogP contribution in [0.1, 0.15) is 11.3 Å². The first-order chi connectivity index (χ1) is 14.1. The zero-order valence-corrected chi connectivity index (χ0v) is 16.6.